The van der Waals surface area contributed by atoms with Crippen molar-refractivity contribution in [2.45, 2.75) is 30.6 Å². The zero-order valence-corrected chi connectivity index (χ0v) is 16.3. The van der Waals surface area contributed by atoms with Crippen LogP contribution in [0.3, 0.4) is 0 Å². The van der Waals surface area contributed by atoms with E-state index in [1.54, 1.807) is 17.1 Å². The lowest BCUT2D eigenvalue weighted by Gasteiger charge is -2.31. The molecule has 146 valence electrons. The van der Waals surface area contributed by atoms with Gasteiger partial charge in [-0.3, -0.25) is 0 Å². The molecule has 1 aliphatic carbocycles. The van der Waals surface area contributed by atoms with Gasteiger partial charge in [-0.25, -0.2) is 17.8 Å². The van der Waals surface area contributed by atoms with E-state index in [0.717, 1.165) is 30.7 Å². The largest absolute Gasteiger partial charge is 0.493 e. The van der Waals surface area contributed by atoms with Crippen molar-refractivity contribution >= 4 is 21.6 Å². The Labute approximate surface area is 163 Å². The summed E-state index contributed by atoms with van der Waals surface area (Å²) in [4.78, 5) is 0. The van der Waals surface area contributed by atoms with Crippen molar-refractivity contribution in [3.8, 4) is 11.4 Å². The normalized spacial score (nSPS) is 23.3. The van der Waals surface area contributed by atoms with E-state index in [2.05, 4.69) is 9.82 Å². The third-order valence-electron chi connectivity index (χ3n) is 4.89. The summed E-state index contributed by atoms with van der Waals surface area (Å²) in [6.45, 7) is 1.45. The molecule has 1 aromatic heterocycles. The molecule has 0 unspecified atom stereocenters. The van der Waals surface area contributed by atoms with Gasteiger partial charge >= 0.3 is 0 Å². The molecule has 0 spiro atoms. The molecule has 1 N–H and O–H groups in total. The first kappa shape index (κ1) is 18.7. The first-order chi connectivity index (χ1) is 13.0. The Bertz CT molecular complexity index is 880. The number of nitrogens with one attached hydrogen (secondary N) is 1. The molecule has 27 heavy (non-hydrogen) atoms. The van der Waals surface area contributed by atoms with Crippen molar-refractivity contribution in [2.75, 3.05) is 19.8 Å². The number of nitrogens with zero attached hydrogens (tertiary/aromatic N) is 2. The van der Waals surface area contributed by atoms with E-state index < -0.39 is 10.0 Å². The van der Waals surface area contributed by atoms with Crippen LogP contribution in [-0.4, -0.2) is 49.3 Å². The minimum absolute atomic E-state index is 0.0804. The van der Waals surface area contributed by atoms with Crippen LogP contribution >= 0.6 is 11.6 Å². The molecule has 0 radical (unpaired) electrons. The van der Waals surface area contributed by atoms with Crippen LogP contribution in [0.15, 0.2) is 36.7 Å². The monoisotopic (exact) mass is 411 g/mol. The molecule has 0 amide bonds. The first-order valence-corrected chi connectivity index (χ1v) is 11.0. The van der Waals surface area contributed by atoms with Gasteiger partial charge in [-0.15, -0.1) is 0 Å². The fraction of sp³-hybridized carbons (Fsp3) is 0.500. The summed E-state index contributed by atoms with van der Waals surface area (Å²) in [6, 6.07) is 7.29. The number of rotatable bonds is 7. The number of benzene rings is 1. The molecular formula is C18H22ClN3O4S. The molecular weight excluding hydrogens is 390 g/mol. The van der Waals surface area contributed by atoms with Crippen molar-refractivity contribution < 1.29 is 17.9 Å². The van der Waals surface area contributed by atoms with Gasteiger partial charge in [0.15, 0.2) is 0 Å². The number of halogens is 1. The topological polar surface area (TPSA) is 82.5 Å². The lowest BCUT2D eigenvalue weighted by molar-refractivity contribution is 0.0274. The number of sulfonamides is 1. The van der Waals surface area contributed by atoms with E-state index in [0.29, 0.717) is 24.8 Å². The van der Waals surface area contributed by atoms with Gasteiger partial charge in [0.1, 0.15) is 5.75 Å². The number of aromatic nitrogens is 2. The summed E-state index contributed by atoms with van der Waals surface area (Å²) in [7, 11) is -3.24. The Kier molecular flexibility index (Phi) is 5.41. The van der Waals surface area contributed by atoms with Gasteiger partial charge in [-0.2, -0.15) is 5.10 Å². The van der Waals surface area contributed by atoms with Crippen LogP contribution in [0.2, 0.25) is 5.02 Å². The van der Waals surface area contributed by atoms with Crippen LogP contribution in [0.1, 0.15) is 19.3 Å². The molecule has 2 fully saturated rings. The van der Waals surface area contributed by atoms with Crippen molar-refractivity contribution in [3.05, 3.63) is 41.7 Å². The summed E-state index contributed by atoms with van der Waals surface area (Å²) >= 11 is 5.89. The maximum Gasteiger partial charge on any atom is 0.214 e. The van der Waals surface area contributed by atoms with E-state index in [1.165, 1.54) is 0 Å². The predicted molar refractivity (Wildman–Crippen MR) is 102 cm³/mol. The zero-order valence-electron chi connectivity index (χ0n) is 14.8. The van der Waals surface area contributed by atoms with E-state index in [9.17, 15) is 8.42 Å². The third-order valence-corrected chi connectivity index (χ3v) is 7.07. The van der Waals surface area contributed by atoms with E-state index in [4.69, 9.17) is 21.1 Å². The summed E-state index contributed by atoms with van der Waals surface area (Å²) < 4.78 is 40.4. The van der Waals surface area contributed by atoms with Crippen LogP contribution in [0, 0.1) is 5.92 Å². The quantitative estimate of drug-likeness (QED) is 0.756. The van der Waals surface area contributed by atoms with Crippen LogP contribution in [0.5, 0.6) is 5.75 Å². The Hall–Kier alpha value is -1.61. The first-order valence-electron chi connectivity index (χ1n) is 9.03. The van der Waals surface area contributed by atoms with E-state index in [1.807, 2.05) is 24.3 Å². The van der Waals surface area contributed by atoms with Gasteiger partial charge in [0, 0.05) is 18.7 Å². The second-order valence-corrected chi connectivity index (χ2v) is 9.43. The second kappa shape index (κ2) is 7.79. The average molecular weight is 412 g/mol. The van der Waals surface area contributed by atoms with Crippen LogP contribution in [0.4, 0.5) is 0 Å². The van der Waals surface area contributed by atoms with E-state index >= 15 is 0 Å². The molecule has 1 saturated heterocycles. The highest BCUT2D eigenvalue weighted by Crippen LogP contribution is 2.29. The Morgan fingerprint density at radius 2 is 2.04 bits per heavy atom. The average Bonchev–Trinajstić information content (AvgIpc) is 3.44. The summed E-state index contributed by atoms with van der Waals surface area (Å²) in [5.41, 5.74) is 0.885. The van der Waals surface area contributed by atoms with Crippen molar-refractivity contribution in [2.24, 2.45) is 5.92 Å². The highest BCUT2D eigenvalue weighted by molar-refractivity contribution is 7.90. The molecule has 2 atom stereocenters. The molecule has 7 nitrogen and oxygen atoms in total. The molecule has 9 heteroatoms. The SMILES string of the molecule is O=S(=O)(N[C@H]1COCC[C@@H]1COc1ccc(-n2cc(Cl)cn2)cc1)C1CC1. The van der Waals surface area contributed by atoms with Crippen LogP contribution in [-0.2, 0) is 14.8 Å². The Morgan fingerprint density at radius 1 is 1.26 bits per heavy atom. The fourth-order valence-corrected chi connectivity index (χ4v) is 4.91. The van der Waals surface area contributed by atoms with Gasteiger partial charge < -0.3 is 9.47 Å². The van der Waals surface area contributed by atoms with Gasteiger partial charge in [0.25, 0.3) is 0 Å². The minimum atomic E-state index is -3.24. The lowest BCUT2D eigenvalue weighted by Crippen LogP contribution is -2.49. The molecule has 2 heterocycles. The van der Waals surface area contributed by atoms with Gasteiger partial charge in [0.2, 0.25) is 10.0 Å². The molecule has 2 aliphatic rings. The summed E-state index contributed by atoms with van der Waals surface area (Å²) in [5, 5.41) is 4.51. The maximum atomic E-state index is 12.2. The summed E-state index contributed by atoms with van der Waals surface area (Å²) in [5.74, 6) is 0.809. The van der Waals surface area contributed by atoms with Crippen molar-refractivity contribution in [1.82, 2.24) is 14.5 Å². The minimum Gasteiger partial charge on any atom is -0.493 e. The lowest BCUT2D eigenvalue weighted by atomic mass is 9.97. The Morgan fingerprint density at radius 3 is 2.70 bits per heavy atom. The summed E-state index contributed by atoms with van der Waals surface area (Å²) in [6.07, 6.45) is 5.58. The highest BCUT2D eigenvalue weighted by Gasteiger charge is 2.39. The smallest absolute Gasteiger partial charge is 0.214 e. The number of ether oxygens (including phenoxy) is 2. The molecule has 1 saturated carbocycles. The molecule has 1 aromatic carbocycles. The van der Waals surface area contributed by atoms with Crippen LogP contribution < -0.4 is 9.46 Å². The second-order valence-electron chi connectivity index (χ2n) is 7.00. The fourth-order valence-electron chi connectivity index (χ4n) is 3.14. The third kappa shape index (κ3) is 4.63. The van der Waals surface area contributed by atoms with Gasteiger partial charge in [0.05, 0.1) is 41.4 Å². The number of hydrogen-bond acceptors (Lipinski definition) is 5. The zero-order chi connectivity index (χ0) is 18.9. The highest BCUT2D eigenvalue weighted by atomic mass is 35.5. The van der Waals surface area contributed by atoms with Crippen LogP contribution in [0.25, 0.3) is 5.69 Å². The number of hydrogen-bond donors (Lipinski definition) is 1. The molecule has 4 rings (SSSR count). The van der Waals surface area contributed by atoms with E-state index in [-0.39, 0.29) is 17.2 Å². The maximum absolute atomic E-state index is 12.2. The van der Waals surface area contributed by atoms with Gasteiger partial charge in [-0.1, -0.05) is 11.6 Å². The Balaban J connectivity index is 1.36. The van der Waals surface area contributed by atoms with Gasteiger partial charge in [-0.05, 0) is 43.5 Å². The molecule has 0 bridgehead atoms. The standard InChI is InChI=1S/C18H22ClN3O4S/c19-14-9-20-22(10-14)15-1-3-16(4-2-15)26-11-13-7-8-25-12-18(13)21-27(23,24)17-5-6-17/h1-4,9-10,13,17-18,21H,5-8,11-12H2/t13-,18+/m1/s1. The molecule has 2 aromatic rings. The predicted octanol–water partition coefficient (Wildman–Crippen LogP) is 2.39. The molecule has 1 aliphatic heterocycles. The van der Waals surface area contributed by atoms with Crippen molar-refractivity contribution in [3.63, 3.8) is 0 Å². The van der Waals surface area contributed by atoms with Crippen molar-refractivity contribution in [1.29, 1.82) is 0 Å².